The summed E-state index contributed by atoms with van der Waals surface area (Å²) in [7, 11) is 0. The van der Waals surface area contributed by atoms with E-state index in [0.717, 1.165) is 12.2 Å². The van der Waals surface area contributed by atoms with Crippen molar-refractivity contribution in [1.82, 2.24) is 0 Å². The number of aliphatic carboxylic acids is 1. The number of hydrogen-bond donors (Lipinski definition) is 1. The molecule has 86 valence electrons. The molecule has 0 saturated heterocycles. The molecule has 0 saturated carbocycles. The molecular weight excluding hydrogens is 244 g/mol. The smallest absolute Gasteiger partial charge is 0.478 e. The van der Waals surface area contributed by atoms with Gasteiger partial charge in [0.15, 0.2) is 5.38 Å². The van der Waals surface area contributed by atoms with Gasteiger partial charge >= 0.3 is 11.6 Å². The molecule has 0 aromatic heterocycles. The third-order valence-corrected chi connectivity index (χ3v) is 2.52. The van der Waals surface area contributed by atoms with E-state index < -0.39 is 32.4 Å². The Morgan fingerprint density at radius 3 is 2.31 bits per heavy atom. The molecular formula is C7H5ClN2O6. The van der Waals surface area contributed by atoms with Crippen molar-refractivity contribution in [2.75, 3.05) is 0 Å². The SMILES string of the molecule is O=C(O)C1=CC([N+](=O)[O-])([N+](=O)[O-])C(Cl)C=C1. The molecule has 1 N–H and O–H groups in total. The predicted molar refractivity (Wildman–Crippen MR) is 51.2 cm³/mol. The third-order valence-electron chi connectivity index (χ3n) is 2.05. The molecule has 1 aliphatic carbocycles. The Morgan fingerprint density at radius 2 is 1.94 bits per heavy atom. The van der Waals surface area contributed by atoms with Crippen LogP contribution >= 0.6 is 11.6 Å². The van der Waals surface area contributed by atoms with Crippen LogP contribution in [0.1, 0.15) is 0 Å². The zero-order valence-corrected chi connectivity index (χ0v) is 8.33. The highest BCUT2D eigenvalue weighted by Gasteiger charge is 2.61. The van der Waals surface area contributed by atoms with Crippen molar-refractivity contribution in [1.29, 1.82) is 0 Å². The van der Waals surface area contributed by atoms with Crippen molar-refractivity contribution in [3.63, 3.8) is 0 Å². The Bertz CT molecular complexity index is 415. The van der Waals surface area contributed by atoms with Crippen molar-refractivity contribution in [2.45, 2.75) is 11.0 Å². The first kappa shape index (κ1) is 12.1. The molecule has 0 fully saturated rings. The number of carboxylic acid groups (broad SMARTS) is 1. The first-order chi connectivity index (χ1) is 7.32. The van der Waals surface area contributed by atoms with Crippen LogP contribution < -0.4 is 0 Å². The van der Waals surface area contributed by atoms with Crippen LogP contribution in [-0.2, 0) is 4.79 Å². The number of halogens is 1. The van der Waals surface area contributed by atoms with Crippen LogP contribution in [0.15, 0.2) is 23.8 Å². The van der Waals surface area contributed by atoms with Gasteiger partial charge in [-0.1, -0.05) is 6.08 Å². The second-order valence-corrected chi connectivity index (χ2v) is 3.43. The number of rotatable bonds is 3. The van der Waals surface area contributed by atoms with Gasteiger partial charge in [0, 0.05) is 0 Å². The monoisotopic (exact) mass is 248 g/mol. The number of hydrogen-bond acceptors (Lipinski definition) is 5. The summed E-state index contributed by atoms with van der Waals surface area (Å²) >= 11 is 5.49. The van der Waals surface area contributed by atoms with Crippen LogP contribution in [0.25, 0.3) is 0 Å². The van der Waals surface area contributed by atoms with E-state index in [0.29, 0.717) is 6.08 Å². The van der Waals surface area contributed by atoms with E-state index in [1.165, 1.54) is 0 Å². The van der Waals surface area contributed by atoms with Gasteiger partial charge in [-0.15, -0.1) is 11.6 Å². The van der Waals surface area contributed by atoms with Gasteiger partial charge in [0.1, 0.15) is 9.85 Å². The second-order valence-electron chi connectivity index (χ2n) is 2.96. The number of nitro groups is 2. The zero-order chi connectivity index (χ0) is 12.5. The predicted octanol–water partition coefficient (Wildman–Crippen LogP) is 0.424. The van der Waals surface area contributed by atoms with Crippen LogP contribution in [0.4, 0.5) is 0 Å². The quantitative estimate of drug-likeness (QED) is 0.334. The molecule has 0 amide bonds. The maximum absolute atomic E-state index is 10.7. The number of nitrogens with zero attached hydrogens (tertiary/aromatic N) is 2. The molecule has 1 unspecified atom stereocenters. The molecule has 0 aromatic carbocycles. The zero-order valence-electron chi connectivity index (χ0n) is 7.57. The largest absolute Gasteiger partial charge is 0.497 e. The lowest BCUT2D eigenvalue weighted by molar-refractivity contribution is -0.779. The molecule has 1 atom stereocenters. The summed E-state index contributed by atoms with van der Waals surface area (Å²) in [5.41, 5.74) is -3.37. The third kappa shape index (κ3) is 1.63. The lowest BCUT2D eigenvalue weighted by atomic mass is 9.97. The fourth-order valence-electron chi connectivity index (χ4n) is 1.19. The fraction of sp³-hybridized carbons (Fsp3) is 0.286. The van der Waals surface area contributed by atoms with Crippen LogP contribution in [0.2, 0.25) is 0 Å². The second kappa shape index (κ2) is 3.89. The molecule has 0 heterocycles. The van der Waals surface area contributed by atoms with E-state index >= 15 is 0 Å². The fourth-order valence-corrected chi connectivity index (χ4v) is 1.49. The Balaban J connectivity index is 3.38. The maximum atomic E-state index is 10.7. The number of carbonyl (C=O) groups is 1. The van der Waals surface area contributed by atoms with Gasteiger partial charge in [0.05, 0.1) is 11.6 Å². The summed E-state index contributed by atoms with van der Waals surface area (Å²) in [6, 6.07) is 0. The van der Waals surface area contributed by atoms with Gasteiger partial charge in [0.25, 0.3) is 0 Å². The van der Waals surface area contributed by atoms with Gasteiger partial charge in [0.2, 0.25) is 0 Å². The van der Waals surface area contributed by atoms with Gasteiger partial charge in [-0.3, -0.25) is 20.2 Å². The van der Waals surface area contributed by atoms with E-state index in [2.05, 4.69) is 0 Å². The standard InChI is InChI=1S/C7H5ClN2O6/c8-5-2-1-4(6(11)12)3-7(5,9(13)14)10(15)16/h1-3,5H,(H,11,12). The Labute approximate surface area is 93.1 Å². The molecule has 16 heavy (non-hydrogen) atoms. The van der Waals surface area contributed by atoms with Crippen molar-refractivity contribution in [3.05, 3.63) is 44.0 Å². The van der Waals surface area contributed by atoms with E-state index in [4.69, 9.17) is 16.7 Å². The Kier molecular flexibility index (Phi) is 2.95. The molecule has 0 aromatic rings. The molecule has 0 bridgehead atoms. The van der Waals surface area contributed by atoms with Gasteiger partial charge < -0.3 is 5.11 Å². The van der Waals surface area contributed by atoms with E-state index in [1.807, 2.05) is 0 Å². The van der Waals surface area contributed by atoms with Crippen LogP contribution in [0, 0.1) is 20.2 Å². The van der Waals surface area contributed by atoms with Crippen molar-refractivity contribution >= 4 is 17.6 Å². The molecule has 8 nitrogen and oxygen atoms in total. The van der Waals surface area contributed by atoms with Crippen LogP contribution in [-0.4, -0.2) is 32.0 Å². The lowest BCUT2D eigenvalue weighted by Gasteiger charge is -2.19. The van der Waals surface area contributed by atoms with Crippen LogP contribution in [0.5, 0.6) is 0 Å². The van der Waals surface area contributed by atoms with Gasteiger partial charge in [-0.2, -0.15) is 0 Å². The average molecular weight is 249 g/mol. The first-order valence-electron chi connectivity index (χ1n) is 3.89. The van der Waals surface area contributed by atoms with Gasteiger partial charge in [-0.05, 0) is 6.08 Å². The summed E-state index contributed by atoms with van der Waals surface area (Å²) in [5.74, 6) is -1.49. The highest BCUT2D eigenvalue weighted by atomic mass is 35.5. The number of carboxylic acids is 1. The molecule has 1 aliphatic rings. The van der Waals surface area contributed by atoms with E-state index in [1.54, 1.807) is 0 Å². The normalized spacial score (nSPS) is 22.3. The Hall–Kier alpha value is -1.96. The highest BCUT2D eigenvalue weighted by molar-refractivity contribution is 6.23. The summed E-state index contributed by atoms with van der Waals surface area (Å²) in [4.78, 5) is 29.6. The minimum atomic E-state index is -2.83. The summed E-state index contributed by atoms with van der Waals surface area (Å²) in [5, 5.41) is 28.5. The summed E-state index contributed by atoms with van der Waals surface area (Å²) < 4.78 is 0. The summed E-state index contributed by atoms with van der Waals surface area (Å²) in [6.07, 6.45) is 2.34. The van der Waals surface area contributed by atoms with Crippen LogP contribution in [0.3, 0.4) is 0 Å². The lowest BCUT2D eigenvalue weighted by Crippen LogP contribution is -2.52. The minimum Gasteiger partial charge on any atom is -0.478 e. The molecule has 0 radical (unpaired) electrons. The van der Waals surface area contributed by atoms with Crippen molar-refractivity contribution < 1.29 is 19.7 Å². The molecule has 1 rings (SSSR count). The maximum Gasteiger partial charge on any atom is 0.497 e. The Morgan fingerprint density at radius 1 is 1.44 bits per heavy atom. The molecule has 0 aliphatic heterocycles. The van der Waals surface area contributed by atoms with E-state index in [9.17, 15) is 25.0 Å². The van der Waals surface area contributed by atoms with Crippen molar-refractivity contribution in [2.24, 2.45) is 0 Å². The van der Waals surface area contributed by atoms with Crippen molar-refractivity contribution in [3.8, 4) is 0 Å². The average Bonchev–Trinajstić information content (AvgIpc) is 2.16. The minimum absolute atomic E-state index is 0.438. The number of alkyl halides is 1. The molecule has 9 heteroatoms. The first-order valence-corrected chi connectivity index (χ1v) is 4.33. The highest BCUT2D eigenvalue weighted by Crippen LogP contribution is 2.29. The summed E-state index contributed by atoms with van der Waals surface area (Å²) in [6.45, 7) is 0. The van der Waals surface area contributed by atoms with Gasteiger partial charge in [-0.25, -0.2) is 4.79 Å². The van der Waals surface area contributed by atoms with E-state index in [-0.39, 0.29) is 0 Å². The molecule has 0 spiro atoms. The topological polar surface area (TPSA) is 124 Å².